The maximum Gasteiger partial charge on any atom is 0.295 e. The quantitative estimate of drug-likeness (QED) is 0.279. The van der Waals surface area contributed by atoms with Crippen molar-refractivity contribution in [1.82, 2.24) is 0 Å². The molecule has 0 saturated carbocycles. The van der Waals surface area contributed by atoms with Crippen molar-refractivity contribution >= 4 is 43.3 Å². The molecule has 12 heteroatoms. The van der Waals surface area contributed by atoms with Crippen LogP contribution < -0.4 is 10.6 Å². The third kappa shape index (κ3) is 5.48. The zero-order chi connectivity index (χ0) is 25.3. The molecule has 0 aliphatic heterocycles. The number of carbonyl (C=O) groups is 2. The van der Waals surface area contributed by atoms with Crippen molar-refractivity contribution in [1.29, 1.82) is 0 Å². The molecule has 34 heavy (non-hydrogen) atoms. The van der Waals surface area contributed by atoms with Crippen molar-refractivity contribution in [2.24, 2.45) is 0 Å². The second kappa shape index (κ2) is 9.35. The number of anilines is 2. The number of hydrogen-bond donors (Lipinski definition) is 4. The number of nitrogens with one attached hydrogen (secondary N) is 2. The maximum absolute atomic E-state index is 12.8. The van der Waals surface area contributed by atoms with E-state index in [1.807, 2.05) is 0 Å². The van der Waals surface area contributed by atoms with Crippen molar-refractivity contribution in [3.05, 3.63) is 71.8 Å². The summed E-state index contributed by atoms with van der Waals surface area (Å²) in [6.07, 6.45) is 0. The van der Waals surface area contributed by atoms with E-state index in [-0.39, 0.29) is 16.8 Å². The molecule has 0 bridgehead atoms. The number of rotatable bonds is 7. The first kappa shape index (κ1) is 25.1. The Morgan fingerprint density at radius 1 is 0.765 bits per heavy atom. The smallest absolute Gasteiger partial charge is 0.295 e. The van der Waals surface area contributed by atoms with Gasteiger partial charge in [-0.2, -0.15) is 16.8 Å². The van der Waals surface area contributed by atoms with Gasteiger partial charge in [0.1, 0.15) is 9.79 Å². The molecule has 3 aromatic carbocycles. The van der Waals surface area contributed by atoms with Gasteiger partial charge in [0, 0.05) is 29.5 Å². The Bertz CT molecular complexity index is 1500. The third-order valence-electron chi connectivity index (χ3n) is 4.91. The molecule has 0 radical (unpaired) electrons. The van der Waals surface area contributed by atoms with Crippen LogP contribution in [0.5, 0.6) is 0 Å². The minimum atomic E-state index is -4.86. The molecular weight excluding hydrogens is 484 g/mol. The molecule has 3 aromatic rings. The molecular formula is C22H20N2O8S2. The number of Topliss-reactive ketones (excluding diaryl/α,β-unsaturated/α-hetero) is 1. The summed E-state index contributed by atoms with van der Waals surface area (Å²) >= 11 is 0. The largest absolute Gasteiger partial charge is 0.388 e. The number of amides is 1. The maximum atomic E-state index is 12.8. The minimum Gasteiger partial charge on any atom is -0.388 e. The van der Waals surface area contributed by atoms with Crippen LogP contribution in [0.2, 0.25) is 0 Å². The molecule has 3 rings (SSSR count). The van der Waals surface area contributed by atoms with Gasteiger partial charge < -0.3 is 10.6 Å². The topological polar surface area (TPSA) is 167 Å². The first-order valence-corrected chi connectivity index (χ1v) is 12.5. The van der Waals surface area contributed by atoms with E-state index in [9.17, 15) is 35.5 Å². The van der Waals surface area contributed by atoms with Crippen LogP contribution in [0.25, 0.3) is 11.1 Å². The lowest BCUT2D eigenvalue weighted by Gasteiger charge is -2.13. The van der Waals surface area contributed by atoms with Crippen LogP contribution in [0.3, 0.4) is 0 Å². The molecule has 0 aliphatic carbocycles. The predicted octanol–water partition coefficient (Wildman–Crippen LogP) is 3.34. The van der Waals surface area contributed by atoms with Crippen LogP contribution in [0.15, 0.2) is 70.5 Å². The van der Waals surface area contributed by atoms with E-state index in [4.69, 9.17) is 0 Å². The Morgan fingerprint density at radius 2 is 1.35 bits per heavy atom. The predicted molar refractivity (Wildman–Crippen MR) is 125 cm³/mol. The van der Waals surface area contributed by atoms with Crippen molar-refractivity contribution < 1.29 is 35.5 Å². The minimum absolute atomic E-state index is 0.0357. The van der Waals surface area contributed by atoms with E-state index in [0.717, 1.165) is 23.9 Å². The van der Waals surface area contributed by atoms with Crippen LogP contribution >= 0.6 is 0 Å². The first-order valence-electron chi connectivity index (χ1n) is 9.65. The molecule has 4 N–H and O–H groups in total. The summed E-state index contributed by atoms with van der Waals surface area (Å²) in [5.41, 5.74) is 0.876. The van der Waals surface area contributed by atoms with E-state index in [1.54, 1.807) is 31.3 Å². The highest BCUT2D eigenvalue weighted by Gasteiger charge is 2.23. The van der Waals surface area contributed by atoms with Gasteiger partial charge in [-0.3, -0.25) is 18.7 Å². The van der Waals surface area contributed by atoms with Gasteiger partial charge in [0.25, 0.3) is 26.1 Å². The van der Waals surface area contributed by atoms with Gasteiger partial charge >= 0.3 is 0 Å². The molecule has 178 valence electrons. The Balaban J connectivity index is 2.04. The van der Waals surface area contributed by atoms with Crippen molar-refractivity contribution in [3.8, 4) is 11.1 Å². The third-order valence-corrected chi connectivity index (χ3v) is 6.70. The van der Waals surface area contributed by atoms with Crippen LogP contribution in [0.4, 0.5) is 11.4 Å². The molecule has 0 atom stereocenters. The Morgan fingerprint density at radius 3 is 1.88 bits per heavy atom. The van der Waals surface area contributed by atoms with Crippen LogP contribution in [-0.2, 0) is 20.2 Å². The lowest BCUT2D eigenvalue weighted by Crippen LogP contribution is -2.17. The van der Waals surface area contributed by atoms with Gasteiger partial charge in [-0.25, -0.2) is 0 Å². The summed E-state index contributed by atoms with van der Waals surface area (Å²) < 4.78 is 66.8. The normalized spacial score (nSPS) is 11.6. The lowest BCUT2D eigenvalue weighted by molar-refractivity contribution is 0.100. The number of ketones is 1. The lowest BCUT2D eigenvalue weighted by atomic mass is 10.0. The Hall–Kier alpha value is -3.58. The van der Waals surface area contributed by atoms with Gasteiger partial charge in [0.05, 0.1) is 5.56 Å². The highest BCUT2D eigenvalue weighted by atomic mass is 32.2. The van der Waals surface area contributed by atoms with Crippen molar-refractivity contribution in [3.63, 3.8) is 0 Å². The zero-order valence-electron chi connectivity index (χ0n) is 17.9. The summed E-state index contributed by atoms with van der Waals surface area (Å²) in [5.74, 6) is -1.47. The second-order valence-electron chi connectivity index (χ2n) is 7.21. The first-order chi connectivity index (χ1) is 15.8. The summed E-state index contributed by atoms with van der Waals surface area (Å²) in [7, 11) is -7.85. The molecule has 0 unspecified atom stereocenters. The van der Waals surface area contributed by atoms with Gasteiger partial charge in [-0.1, -0.05) is 24.3 Å². The van der Waals surface area contributed by atoms with E-state index < -0.39 is 47.3 Å². The molecule has 0 spiro atoms. The van der Waals surface area contributed by atoms with Crippen molar-refractivity contribution in [2.75, 3.05) is 17.7 Å². The molecule has 0 aliphatic rings. The average Bonchev–Trinajstić information content (AvgIpc) is 2.77. The standard InChI is InChI=1S/C22H20N2O8S2/c1-13(25)15-5-9-19(20(11-15)33(27,28)29)22(26)24-17-8-10-18(21(12-17)34(30,31)32)14-3-6-16(23-2)7-4-14/h3-12,23H,1-2H3,(H,24,26)(H,27,28,29)(H,30,31,32). The fourth-order valence-corrected chi connectivity index (χ4v) is 4.66. The van der Waals surface area contributed by atoms with Gasteiger partial charge in [0.15, 0.2) is 5.78 Å². The number of hydrogen-bond acceptors (Lipinski definition) is 7. The SMILES string of the molecule is CNc1ccc(-c2ccc(NC(=O)c3ccc(C(C)=O)cc3S(=O)(=O)O)cc2S(=O)(=O)O)cc1. The molecule has 1 amide bonds. The van der Waals surface area contributed by atoms with E-state index >= 15 is 0 Å². The van der Waals surface area contributed by atoms with Gasteiger partial charge in [-0.05, 0) is 48.9 Å². The summed E-state index contributed by atoms with van der Waals surface area (Å²) in [6.45, 7) is 1.19. The average molecular weight is 505 g/mol. The highest BCUT2D eigenvalue weighted by Crippen LogP contribution is 2.31. The molecule has 0 fully saturated rings. The highest BCUT2D eigenvalue weighted by molar-refractivity contribution is 7.86. The summed E-state index contributed by atoms with van der Waals surface area (Å²) in [4.78, 5) is 23.0. The zero-order valence-corrected chi connectivity index (χ0v) is 19.6. The Kier molecular flexibility index (Phi) is 6.89. The van der Waals surface area contributed by atoms with Crippen molar-refractivity contribution in [2.45, 2.75) is 16.7 Å². The van der Waals surface area contributed by atoms with Crippen LogP contribution in [0.1, 0.15) is 27.6 Å². The number of carbonyl (C=O) groups excluding carboxylic acids is 2. The van der Waals surface area contributed by atoms with E-state index in [1.165, 1.54) is 25.1 Å². The Labute approximate surface area is 196 Å². The van der Waals surface area contributed by atoms with Crippen LogP contribution in [-0.4, -0.2) is 44.7 Å². The van der Waals surface area contributed by atoms with Gasteiger partial charge in [-0.15, -0.1) is 0 Å². The molecule has 10 nitrogen and oxygen atoms in total. The monoisotopic (exact) mass is 504 g/mol. The van der Waals surface area contributed by atoms with Crippen LogP contribution in [0, 0.1) is 0 Å². The van der Waals surface area contributed by atoms with E-state index in [0.29, 0.717) is 5.56 Å². The number of benzene rings is 3. The van der Waals surface area contributed by atoms with Gasteiger partial charge in [0.2, 0.25) is 0 Å². The van der Waals surface area contributed by atoms with E-state index in [2.05, 4.69) is 10.6 Å². The summed E-state index contributed by atoms with van der Waals surface area (Å²) in [5, 5.41) is 5.27. The fourth-order valence-electron chi connectivity index (χ4n) is 3.21. The second-order valence-corrected chi connectivity index (χ2v) is 9.99. The summed E-state index contributed by atoms with van der Waals surface area (Å²) in [6, 6.07) is 13.6. The fraction of sp³-hybridized carbons (Fsp3) is 0.0909. The molecule has 0 heterocycles. The molecule has 0 saturated heterocycles. The molecule has 0 aromatic heterocycles.